The highest BCUT2D eigenvalue weighted by molar-refractivity contribution is 9.09. The summed E-state index contributed by atoms with van der Waals surface area (Å²) in [5, 5.41) is 3.61. The average Bonchev–Trinajstić information content (AvgIpc) is 2.92. The summed E-state index contributed by atoms with van der Waals surface area (Å²) < 4.78 is 0. The Morgan fingerprint density at radius 2 is 1.67 bits per heavy atom. The summed E-state index contributed by atoms with van der Waals surface area (Å²) in [4.78, 5) is 0.168. The predicted octanol–water partition coefficient (Wildman–Crippen LogP) is 6.08. The van der Waals surface area contributed by atoms with Crippen LogP contribution in [0.4, 0.5) is 0 Å². The molecule has 0 amide bonds. The summed E-state index contributed by atoms with van der Waals surface area (Å²) in [6.07, 6.45) is 2.33. The highest BCUT2D eigenvalue weighted by atomic mass is 79.9. The van der Waals surface area contributed by atoms with Gasteiger partial charge in [0.05, 0.1) is 4.83 Å². The highest BCUT2D eigenvalue weighted by Gasteiger charge is 2.19. The van der Waals surface area contributed by atoms with E-state index >= 15 is 0 Å². The van der Waals surface area contributed by atoms with Gasteiger partial charge in [0.15, 0.2) is 0 Å². The molecule has 0 N–H and O–H groups in total. The van der Waals surface area contributed by atoms with Gasteiger partial charge < -0.3 is 0 Å². The highest BCUT2D eigenvalue weighted by Crippen LogP contribution is 2.40. The van der Waals surface area contributed by atoms with Crippen LogP contribution in [0, 0.1) is 0 Å². The van der Waals surface area contributed by atoms with Crippen molar-refractivity contribution < 1.29 is 0 Å². The maximum atomic E-state index is 6.13. The van der Waals surface area contributed by atoms with Gasteiger partial charge in [-0.25, -0.2) is 0 Å². The van der Waals surface area contributed by atoms with Crippen molar-refractivity contribution in [2.45, 2.75) is 17.7 Å². The number of hydrogen-bond donors (Lipinski definition) is 0. The van der Waals surface area contributed by atoms with Gasteiger partial charge in [0, 0.05) is 5.02 Å². The molecule has 1 aliphatic rings. The quantitative estimate of drug-likeness (QED) is 0.488. The third-order valence-electron chi connectivity index (χ3n) is 4.33. The van der Waals surface area contributed by atoms with Crippen molar-refractivity contribution in [3.63, 3.8) is 0 Å². The second-order valence-electron chi connectivity index (χ2n) is 5.57. The van der Waals surface area contributed by atoms with Crippen molar-refractivity contribution >= 4 is 38.3 Å². The summed E-state index contributed by atoms with van der Waals surface area (Å²) >= 11 is 9.99. The Morgan fingerprint density at radius 1 is 0.905 bits per heavy atom. The molecule has 1 aliphatic carbocycles. The third kappa shape index (κ3) is 2.20. The average molecular weight is 358 g/mol. The lowest BCUT2D eigenvalue weighted by molar-refractivity contribution is 1.02. The Bertz CT molecular complexity index is 828. The summed E-state index contributed by atoms with van der Waals surface area (Å²) in [5.41, 5.74) is 5.48. The lowest BCUT2D eigenvalue weighted by atomic mass is 9.95. The van der Waals surface area contributed by atoms with E-state index in [0.717, 1.165) is 5.02 Å². The second kappa shape index (κ2) is 5.15. The maximum absolute atomic E-state index is 6.13. The Kier molecular flexibility index (Phi) is 3.28. The van der Waals surface area contributed by atoms with Crippen molar-refractivity contribution in [1.29, 1.82) is 0 Å². The van der Waals surface area contributed by atoms with E-state index in [9.17, 15) is 0 Å². The number of hydrogen-bond acceptors (Lipinski definition) is 0. The van der Waals surface area contributed by atoms with Crippen LogP contribution in [-0.4, -0.2) is 0 Å². The summed E-state index contributed by atoms with van der Waals surface area (Å²) in [6.45, 7) is 0. The molecule has 1 atom stereocenters. The minimum absolute atomic E-state index is 0.168. The van der Waals surface area contributed by atoms with E-state index in [2.05, 4.69) is 52.3 Å². The lowest BCUT2D eigenvalue weighted by Crippen LogP contribution is -1.95. The van der Waals surface area contributed by atoms with Crippen LogP contribution in [0.2, 0.25) is 5.02 Å². The molecule has 1 unspecified atom stereocenters. The molecule has 3 aromatic carbocycles. The molecule has 0 saturated heterocycles. The van der Waals surface area contributed by atoms with Crippen LogP contribution in [0.15, 0.2) is 54.6 Å². The molecule has 0 nitrogen and oxygen atoms in total. The fourth-order valence-corrected chi connectivity index (χ4v) is 4.22. The van der Waals surface area contributed by atoms with Crippen molar-refractivity contribution in [2.24, 2.45) is 0 Å². The Labute approximate surface area is 137 Å². The van der Waals surface area contributed by atoms with Gasteiger partial charge in [-0.15, -0.1) is 0 Å². The first-order chi connectivity index (χ1) is 10.2. The Hall–Kier alpha value is -1.31. The van der Waals surface area contributed by atoms with Gasteiger partial charge in [0.25, 0.3) is 0 Å². The number of alkyl halides is 1. The monoisotopic (exact) mass is 356 g/mol. The van der Waals surface area contributed by atoms with Crippen LogP contribution in [0.5, 0.6) is 0 Å². The first kappa shape index (κ1) is 13.4. The molecule has 0 aliphatic heterocycles. The smallest absolute Gasteiger partial charge is 0.0651 e. The number of aryl methyl sites for hydroxylation is 2. The molecule has 104 valence electrons. The fourth-order valence-electron chi connectivity index (χ4n) is 3.33. The van der Waals surface area contributed by atoms with Crippen molar-refractivity contribution in [3.8, 4) is 0 Å². The SMILES string of the molecule is Clc1cccc(C(Br)c2ccc3c4c(cccc24)CC3)c1. The van der Waals surface area contributed by atoms with E-state index in [4.69, 9.17) is 11.6 Å². The number of benzene rings is 3. The molecule has 2 heteroatoms. The molecular weight excluding hydrogens is 344 g/mol. The number of rotatable bonds is 2. The molecule has 4 rings (SSSR count). The van der Waals surface area contributed by atoms with E-state index in [0.29, 0.717) is 0 Å². The fraction of sp³-hybridized carbons (Fsp3) is 0.158. The molecule has 0 spiro atoms. The molecule has 0 heterocycles. The van der Waals surface area contributed by atoms with Gasteiger partial charge in [0.1, 0.15) is 0 Å². The molecule has 0 aromatic heterocycles. The lowest BCUT2D eigenvalue weighted by Gasteiger charge is -2.15. The zero-order valence-corrected chi connectivity index (χ0v) is 13.8. The van der Waals surface area contributed by atoms with Gasteiger partial charge in [-0.05, 0) is 58.0 Å². The largest absolute Gasteiger partial charge is 0.0843 e. The van der Waals surface area contributed by atoms with E-state index in [1.54, 1.807) is 0 Å². The first-order valence-corrected chi connectivity index (χ1v) is 8.46. The van der Waals surface area contributed by atoms with Crippen LogP contribution in [0.3, 0.4) is 0 Å². The van der Waals surface area contributed by atoms with E-state index in [1.807, 2.05) is 18.2 Å². The van der Waals surface area contributed by atoms with Gasteiger partial charge >= 0.3 is 0 Å². The van der Waals surface area contributed by atoms with Crippen molar-refractivity contribution in [2.75, 3.05) is 0 Å². The third-order valence-corrected chi connectivity index (χ3v) is 5.58. The van der Waals surface area contributed by atoms with Gasteiger partial charge in [0.2, 0.25) is 0 Å². The van der Waals surface area contributed by atoms with Gasteiger partial charge in [-0.1, -0.05) is 70.0 Å². The Morgan fingerprint density at radius 3 is 2.48 bits per heavy atom. The standard InChI is InChI=1S/C19H14BrCl/c20-19(14-4-1-5-15(21)11-14)17-10-9-13-8-7-12-3-2-6-16(17)18(12)13/h1-6,9-11,19H,7-8H2. The van der Waals surface area contributed by atoms with E-state index < -0.39 is 0 Å². The second-order valence-corrected chi connectivity index (χ2v) is 6.92. The number of halogens is 2. The topological polar surface area (TPSA) is 0 Å². The molecule has 21 heavy (non-hydrogen) atoms. The predicted molar refractivity (Wildman–Crippen MR) is 93.6 cm³/mol. The van der Waals surface area contributed by atoms with Crippen LogP contribution >= 0.6 is 27.5 Å². The Balaban J connectivity index is 1.92. The molecule has 0 saturated carbocycles. The molecule has 3 aromatic rings. The summed E-state index contributed by atoms with van der Waals surface area (Å²) in [7, 11) is 0. The molecular formula is C19H14BrCl. The summed E-state index contributed by atoms with van der Waals surface area (Å²) in [5.74, 6) is 0. The van der Waals surface area contributed by atoms with Crippen LogP contribution in [-0.2, 0) is 12.8 Å². The molecule has 0 radical (unpaired) electrons. The minimum atomic E-state index is 0.168. The normalized spacial score (nSPS) is 14.6. The van der Waals surface area contributed by atoms with Crippen LogP contribution < -0.4 is 0 Å². The van der Waals surface area contributed by atoms with Crippen molar-refractivity contribution in [1.82, 2.24) is 0 Å². The zero-order chi connectivity index (χ0) is 14.4. The van der Waals surface area contributed by atoms with Gasteiger partial charge in [-0.2, -0.15) is 0 Å². The molecule has 0 fully saturated rings. The first-order valence-electron chi connectivity index (χ1n) is 7.17. The van der Waals surface area contributed by atoms with Crippen LogP contribution in [0.25, 0.3) is 10.8 Å². The zero-order valence-electron chi connectivity index (χ0n) is 11.4. The van der Waals surface area contributed by atoms with Crippen LogP contribution in [0.1, 0.15) is 27.1 Å². The van der Waals surface area contributed by atoms with Gasteiger partial charge in [-0.3, -0.25) is 0 Å². The van der Waals surface area contributed by atoms with E-state index in [-0.39, 0.29) is 4.83 Å². The minimum Gasteiger partial charge on any atom is -0.0843 e. The summed E-state index contributed by atoms with van der Waals surface area (Å²) in [6, 6.07) is 19.3. The molecule has 0 bridgehead atoms. The maximum Gasteiger partial charge on any atom is 0.0651 e. The van der Waals surface area contributed by atoms with E-state index in [1.165, 1.54) is 45.9 Å². The van der Waals surface area contributed by atoms with Crippen molar-refractivity contribution in [3.05, 3.63) is 81.9 Å².